The monoisotopic (exact) mass is 395 g/mol. The van der Waals surface area contributed by atoms with Crippen molar-refractivity contribution in [2.75, 3.05) is 18.5 Å². The summed E-state index contributed by atoms with van der Waals surface area (Å²) in [7, 11) is 0. The fourth-order valence-electron chi connectivity index (χ4n) is 4.32. The number of carbonyl (C=O) groups excluding carboxylic acids is 1. The summed E-state index contributed by atoms with van der Waals surface area (Å²) >= 11 is 6.12. The van der Waals surface area contributed by atoms with Crippen LogP contribution >= 0.6 is 11.6 Å². The van der Waals surface area contributed by atoms with Crippen LogP contribution in [0.5, 0.6) is 0 Å². The van der Waals surface area contributed by atoms with E-state index in [1.807, 2.05) is 11.0 Å². The van der Waals surface area contributed by atoms with Crippen LogP contribution in [0.4, 0.5) is 5.95 Å². The second-order valence-corrected chi connectivity index (χ2v) is 7.89. The van der Waals surface area contributed by atoms with Crippen LogP contribution in [0.15, 0.2) is 18.3 Å². The number of carbonyl (C=O) groups is 1. The van der Waals surface area contributed by atoms with Gasteiger partial charge in [0.1, 0.15) is 0 Å². The predicted molar refractivity (Wildman–Crippen MR) is 102 cm³/mol. The molecule has 2 aromatic rings. The zero-order valence-electron chi connectivity index (χ0n) is 15.1. The van der Waals surface area contributed by atoms with Gasteiger partial charge in [0.15, 0.2) is 0 Å². The Morgan fingerprint density at radius 1 is 1.36 bits per heavy atom. The number of nitrogens with one attached hydrogen (secondary N) is 1. The number of fused-ring (bicyclic) bond motifs is 2. The number of hydrogen-bond acceptors (Lipinski definition) is 6. The molecule has 0 radical (unpaired) electrons. The molecule has 3 aliphatic rings. The third-order valence-electron chi connectivity index (χ3n) is 5.70. The highest BCUT2D eigenvalue weighted by atomic mass is 35.5. The number of nitrogens with zero attached hydrogens (tertiary/aromatic N) is 4. The van der Waals surface area contributed by atoms with Gasteiger partial charge in [-0.25, -0.2) is 9.97 Å². The Morgan fingerprint density at radius 3 is 3.04 bits per heavy atom. The second kappa shape index (κ2) is 6.73. The van der Waals surface area contributed by atoms with E-state index < -0.39 is 0 Å². The topological polar surface area (TPSA) is 91.1 Å². The highest BCUT2D eigenvalue weighted by Gasteiger charge is 2.36. The van der Waals surface area contributed by atoms with E-state index in [-0.39, 0.29) is 18.0 Å². The average molecular weight is 396 g/mol. The van der Waals surface area contributed by atoms with Crippen LogP contribution in [0.2, 0.25) is 5.02 Å². The maximum atomic E-state index is 12.6. The minimum atomic E-state index is -0.0152. The van der Waals surface area contributed by atoms with Gasteiger partial charge in [-0.2, -0.15) is 5.26 Å². The lowest BCUT2D eigenvalue weighted by atomic mass is 10.0. The van der Waals surface area contributed by atoms with E-state index in [4.69, 9.17) is 16.3 Å². The Kier molecular flexibility index (Phi) is 4.18. The maximum Gasteiger partial charge on any atom is 0.258 e. The number of ether oxygens (including phenoxy) is 1. The van der Waals surface area contributed by atoms with Crippen molar-refractivity contribution in [2.24, 2.45) is 0 Å². The molecular formula is C20H18ClN5O2. The third kappa shape index (κ3) is 2.89. The smallest absolute Gasteiger partial charge is 0.258 e. The van der Waals surface area contributed by atoms with E-state index in [1.165, 1.54) is 0 Å². The van der Waals surface area contributed by atoms with Crippen molar-refractivity contribution in [3.63, 3.8) is 0 Å². The van der Waals surface area contributed by atoms with Crippen LogP contribution in [-0.4, -0.2) is 46.1 Å². The zero-order valence-corrected chi connectivity index (χ0v) is 15.9. The Hall–Kier alpha value is -2.69. The van der Waals surface area contributed by atoms with Gasteiger partial charge in [-0.3, -0.25) is 4.79 Å². The molecule has 0 saturated carbocycles. The fourth-order valence-corrected chi connectivity index (χ4v) is 4.56. The molecule has 3 heterocycles. The first-order valence-electron chi connectivity index (χ1n) is 9.35. The van der Waals surface area contributed by atoms with Gasteiger partial charge in [0, 0.05) is 23.9 Å². The molecule has 1 N–H and O–H groups in total. The van der Waals surface area contributed by atoms with Crippen molar-refractivity contribution >= 4 is 23.5 Å². The Morgan fingerprint density at radius 2 is 2.25 bits per heavy atom. The minimum Gasteiger partial charge on any atom is -0.379 e. The van der Waals surface area contributed by atoms with Crippen molar-refractivity contribution < 1.29 is 9.53 Å². The van der Waals surface area contributed by atoms with Crippen LogP contribution in [0.1, 0.15) is 39.2 Å². The Balaban J connectivity index is 1.33. The average Bonchev–Trinajstić information content (AvgIpc) is 3.40. The molecule has 8 heteroatoms. The van der Waals surface area contributed by atoms with Gasteiger partial charge in [-0.05, 0) is 42.5 Å². The van der Waals surface area contributed by atoms with Gasteiger partial charge < -0.3 is 15.0 Å². The first kappa shape index (κ1) is 17.4. The molecule has 5 rings (SSSR count). The van der Waals surface area contributed by atoms with Crippen molar-refractivity contribution in [1.82, 2.24) is 14.9 Å². The number of hydrogen-bond donors (Lipinski definition) is 1. The first-order chi connectivity index (χ1) is 13.6. The second-order valence-electron chi connectivity index (χ2n) is 7.46. The SMILES string of the molecule is N#Cc1cc(Cl)cc2c1C[C@@H](Nc1ncc3c(n1)CN([C@@H]1CCOC1)C3=O)C2. The van der Waals surface area contributed by atoms with Gasteiger partial charge in [0.2, 0.25) is 5.95 Å². The summed E-state index contributed by atoms with van der Waals surface area (Å²) in [5.41, 5.74) is 4.08. The van der Waals surface area contributed by atoms with Crippen LogP contribution in [0, 0.1) is 11.3 Å². The van der Waals surface area contributed by atoms with E-state index in [0.717, 1.165) is 36.1 Å². The standard InChI is InChI=1S/C20H18ClN5O2/c21-13-3-11-5-14(6-16(11)12(4-13)7-22)24-20-23-8-17-18(25-20)9-26(19(17)27)15-1-2-28-10-15/h3-4,8,14-15H,1-2,5-6,9-10H2,(H,23,24,25)/t14-,15+/m0/s1. The number of anilines is 1. The van der Waals surface area contributed by atoms with Crippen molar-refractivity contribution in [3.8, 4) is 6.07 Å². The molecule has 2 aliphatic heterocycles. The molecule has 1 amide bonds. The molecule has 1 aromatic carbocycles. The number of aromatic nitrogens is 2. The number of nitriles is 1. The van der Waals surface area contributed by atoms with E-state index in [1.54, 1.807) is 12.3 Å². The van der Waals surface area contributed by atoms with E-state index in [0.29, 0.717) is 41.9 Å². The summed E-state index contributed by atoms with van der Waals surface area (Å²) in [5.74, 6) is 0.497. The molecule has 0 spiro atoms. The summed E-state index contributed by atoms with van der Waals surface area (Å²) in [5, 5.41) is 13.3. The molecule has 0 bridgehead atoms. The number of halogens is 1. The molecule has 1 saturated heterocycles. The van der Waals surface area contributed by atoms with Gasteiger partial charge >= 0.3 is 0 Å². The lowest BCUT2D eigenvalue weighted by Crippen LogP contribution is -2.35. The summed E-state index contributed by atoms with van der Waals surface area (Å²) in [4.78, 5) is 23.4. The van der Waals surface area contributed by atoms with Gasteiger partial charge in [0.05, 0.1) is 42.1 Å². The number of benzene rings is 1. The van der Waals surface area contributed by atoms with Crippen LogP contribution in [-0.2, 0) is 24.1 Å². The Bertz CT molecular complexity index is 1010. The van der Waals surface area contributed by atoms with Crippen LogP contribution in [0.3, 0.4) is 0 Å². The molecule has 28 heavy (non-hydrogen) atoms. The predicted octanol–water partition coefficient (Wildman–Crippen LogP) is 2.33. The first-order valence-corrected chi connectivity index (χ1v) is 9.72. The summed E-state index contributed by atoms with van der Waals surface area (Å²) < 4.78 is 5.41. The lowest BCUT2D eigenvalue weighted by Gasteiger charge is -2.21. The maximum absolute atomic E-state index is 12.6. The molecule has 2 atom stereocenters. The van der Waals surface area contributed by atoms with E-state index in [2.05, 4.69) is 21.4 Å². The van der Waals surface area contributed by atoms with Crippen LogP contribution < -0.4 is 5.32 Å². The van der Waals surface area contributed by atoms with Crippen molar-refractivity contribution in [3.05, 3.63) is 51.3 Å². The van der Waals surface area contributed by atoms with Gasteiger partial charge in [0.25, 0.3) is 5.91 Å². The zero-order chi connectivity index (χ0) is 19.3. The molecule has 7 nitrogen and oxygen atoms in total. The largest absolute Gasteiger partial charge is 0.379 e. The van der Waals surface area contributed by atoms with E-state index >= 15 is 0 Å². The van der Waals surface area contributed by atoms with Gasteiger partial charge in [-0.15, -0.1) is 0 Å². The van der Waals surface area contributed by atoms with Gasteiger partial charge in [-0.1, -0.05) is 11.6 Å². The highest BCUT2D eigenvalue weighted by molar-refractivity contribution is 6.30. The lowest BCUT2D eigenvalue weighted by molar-refractivity contribution is 0.0678. The fraction of sp³-hybridized carbons (Fsp3) is 0.400. The quantitative estimate of drug-likeness (QED) is 0.857. The van der Waals surface area contributed by atoms with E-state index in [9.17, 15) is 10.1 Å². The molecule has 142 valence electrons. The molecule has 1 fully saturated rings. The number of rotatable bonds is 3. The summed E-state index contributed by atoms with van der Waals surface area (Å²) in [6.07, 6.45) is 3.96. The normalized spacial score (nSPS) is 22.9. The van der Waals surface area contributed by atoms with Crippen molar-refractivity contribution in [1.29, 1.82) is 5.26 Å². The third-order valence-corrected chi connectivity index (χ3v) is 5.92. The van der Waals surface area contributed by atoms with Crippen LogP contribution in [0.25, 0.3) is 0 Å². The summed E-state index contributed by atoms with van der Waals surface area (Å²) in [6.45, 7) is 1.78. The molecular weight excluding hydrogens is 378 g/mol. The number of amides is 1. The highest BCUT2D eigenvalue weighted by Crippen LogP contribution is 2.31. The molecule has 0 unspecified atom stereocenters. The van der Waals surface area contributed by atoms with Crippen molar-refractivity contribution in [2.45, 2.75) is 37.9 Å². The summed E-state index contributed by atoms with van der Waals surface area (Å²) in [6, 6.07) is 6.07. The molecule has 1 aliphatic carbocycles. The Labute approximate surface area is 167 Å². The molecule has 1 aromatic heterocycles. The minimum absolute atomic E-state index is 0.0152.